The first kappa shape index (κ1) is 11.8. The fraction of sp³-hybridized carbons (Fsp3) is 0.400. The van der Waals surface area contributed by atoms with Crippen LogP contribution in [0.2, 0.25) is 0 Å². The number of para-hydroxylation sites is 1. The molecule has 0 aliphatic carbocycles. The second-order valence-electron chi connectivity index (χ2n) is 3.25. The van der Waals surface area contributed by atoms with Gasteiger partial charge in [-0.25, -0.2) is 8.78 Å². The van der Waals surface area contributed by atoms with Crippen molar-refractivity contribution in [1.82, 2.24) is 0 Å². The largest absolute Gasteiger partial charge is 0.368 e. The van der Waals surface area contributed by atoms with Gasteiger partial charge in [-0.3, -0.25) is 0 Å². The maximum absolute atomic E-state index is 12.7. The Labute approximate surface area is 85.3 Å². The zero-order valence-corrected chi connectivity index (χ0v) is 8.13. The first-order chi connectivity index (χ1) is 6.93. The van der Waals surface area contributed by atoms with Crippen LogP contribution in [0.5, 0.6) is 0 Å². The van der Waals surface area contributed by atoms with Gasteiger partial charge in [0.05, 0.1) is 6.54 Å². The molecule has 0 atom stereocenters. The van der Waals surface area contributed by atoms with Gasteiger partial charge >= 0.3 is 12.3 Å². The Balaban J connectivity index is 2.68. The van der Waals surface area contributed by atoms with Crippen LogP contribution in [0.4, 0.5) is 23.2 Å². The normalized spacial score (nSPS) is 11.9. The molecule has 0 heterocycles. The summed E-state index contributed by atoms with van der Waals surface area (Å²) in [6, 6.07) is 8.21. The molecule has 0 aliphatic heterocycles. The molecule has 0 bridgehead atoms. The Morgan fingerprint density at radius 1 is 1.20 bits per heavy atom. The monoisotopic (exact) mass is 221 g/mol. The number of alkyl halides is 4. The molecule has 15 heavy (non-hydrogen) atoms. The number of nitrogens with zero attached hydrogens (tertiary/aromatic N) is 1. The van der Waals surface area contributed by atoms with E-state index in [9.17, 15) is 17.6 Å². The maximum atomic E-state index is 12.7. The van der Waals surface area contributed by atoms with E-state index >= 15 is 0 Å². The molecule has 0 aliphatic rings. The molecule has 1 nitrogen and oxygen atoms in total. The smallest absolute Gasteiger partial charge is 0.324 e. The summed E-state index contributed by atoms with van der Waals surface area (Å²) in [6.07, 6.45) is -3.64. The fourth-order valence-electron chi connectivity index (χ4n) is 1.16. The van der Waals surface area contributed by atoms with Crippen LogP contribution in [0, 0.1) is 0 Å². The molecule has 1 rings (SSSR count). The van der Waals surface area contributed by atoms with Gasteiger partial charge in [-0.2, -0.15) is 8.78 Å². The van der Waals surface area contributed by atoms with E-state index in [1.54, 1.807) is 30.3 Å². The molecule has 0 radical (unpaired) electrons. The van der Waals surface area contributed by atoms with Crippen LogP contribution in [-0.4, -0.2) is 25.9 Å². The zero-order chi connectivity index (χ0) is 11.5. The molecule has 0 aromatic heterocycles. The lowest BCUT2D eigenvalue weighted by atomic mass is 10.2. The second-order valence-corrected chi connectivity index (χ2v) is 3.25. The van der Waals surface area contributed by atoms with Crippen LogP contribution in [0.15, 0.2) is 30.3 Å². The molecular weight excluding hydrogens is 210 g/mol. The lowest BCUT2D eigenvalue weighted by Gasteiger charge is -2.24. The van der Waals surface area contributed by atoms with Gasteiger partial charge in [-0.05, 0) is 12.1 Å². The summed E-state index contributed by atoms with van der Waals surface area (Å²) in [5.74, 6) is -3.98. The lowest BCUT2D eigenvalue weighted by molar-refractivity contribution is -0.120. The van der Waals surface area contributed by atoms with Gasteiger partial charge in [-0.15, -0.1) is 0 Å². The predicted molar refractivity (Wildman–Crippen MR) is 50.7 cm³/mol. The van der Waals surface area contributed by atoms with Gasteiger partial charge in [-0.1, -0.05) is 18.2 Å². The van der Waals surface area contributed by atoms with E-state index in [2.05, 4.69) is 0 Å². The Morgan fingerprint density at radius 3 is 2.20 bits per heavy atom. The van der Waals surface area contributed by atoms with Crippen molar-refractivity contribution in [2.45, 2.75) is 12.3 Å². The number of hydrogen-bond acceptors (Lipinski definition) is 1. The summed E-state index contributed by atoms with van der Waals surface area (Å²) in [6.45, 7) is -0.991. The highest BCUT2D eigenvalue weighted by molar-refractivity contribution is 5.45. The number of anilines is 1. The summed E-state index contributed by atoms with van der Waals surface area (Å²) in [5.41, 5.74) is 0.484. The number of benzene rings is 1. The van der Waals surface area contributed by atoms with Gasteiger partial charge in [0.15, 0.2) is 0 Å². The van der Waals surface area contributed by atoms with Crippen LogP contribution >= 0.6 is 0 Å². The van der Waals surface area contributed by atoms with Gasteiger partial charge in [0.1, 0.15) is 0 Å². The van der Waals surface area contributed by atoms with Gasteiger partial charge < -0.3 is 4.90 Å². The molecule has 0 N–H and O–H groups in total. The minimum atomic E-state index is -3.98. The van der Waals surface area contributed by atoms with Gasteiger partial charge in [0.2, 0.25) is 0 Å². The van der Waals surface area contributed by atoms with E-state index in [1.165, 1.54) is 7.05 Å². The third kappa shape index (κ3) is 3.11. The van der Waals surface area contributed by atoms with Crippen molar-refractivity contribution in [1.29, 1.82) is 0 Å². The molecular formula is C10H11F4N. The molecule has 1 aromatic carbocycles. The average Bonchev–Trinajstić information content (AvgIpc) is 2.18. The lowest BCUT2D eigenvalue weighted by Crippen LogP contribution is -2.39. The first-order valence-corrected chi connectivity index (χ1v) is 4.35. The van der Waals surface area contributed by atoms with Crippen LogP contribution < -0.4 is 4.90 Å². The summed E-state index contributed by atoms with van der Waals surface area (Å²) in [5, 5.41) is 0. The number of rotatable bonds is 4. The van der Waals surface area contributed by atoms with Crippen molar-refractivity contribution in [2.75, 3.05) is 18.5 Å². The minimum Gasteiger partial charge on any atom is -0.368 e. The van der Waals surface area contributed by atoms with E-state index in [0.29, 0.717) is 5.69 Å². The van der Waals surface area contributed by atoms with E-state index < -0.39 is 18.9 Å². The van der Waals surface area contributed by atoms with E-state index in [4.69, 9.17) is 0 Å². The number of halogens is 4. The molecule has 0 spiro atoms. The van der Waals surface area contributed by atoms with Crippen LogP contribution in [-0.2, 0) is 0 Å². The molecule has 84 valence electrons. The highest BCUT2D eigenvalue weighted by Gasteiger charge is 2.41. The Kier molecular flexibility index (Phi) is 3.55. The van der Waals surface area contributed by atoms with Gasteiger partial charge in [0, 0.05) is 12.7 Å². The quantitative estimate of drug-likeness (QED) is 0.706. The molecule has 1 aromatic rings. The molecule has 0 amide bonds. The third-order valence-electron chi connectivity index (χ3n) is 1.96. The highest BCUT2D eigenvalue weighted by Crippen LogP contribution is 2.25. The molecule has 5 heteroatoms. The van der Waals surface area contributed by atoms with Crippen molar-refractivity contribution in [2.24, 2.45) is 0 Å². The van der Waals surface area contributed by atoms with E-state index in [-0.39, 0.29) is 0 Å². The van der Waals surface area contributed by atoms with Crippen LogP contribution in [0.25, 0.3) is 0 Å². The summed E-state index contributed by atoms with van der Waals surface area (Å²) >= 11 is 0. The maximum Gasteiger partial charge on any atom is 0.324 e. The summed E-state index contributed by atoms with van der Waals surface area (Å²) in [4.78, 5) is 1.10. The standard InChI is InChI=1S/C10H11F4N/c1-15(7-10(13,14)9(11)12)8-5-3-2-4-6-8/h2-6,9H,7H2,1H3. The second kappa shape index (κ2) is 4.51. The topological polar surface area (TPSA) is 3.24 Å². The Morgan fingerprint density at radius 2 is 1.73 bits per heavy atom. The molecule has 0 fully saturated rings. The first-order valence-electron chi connectivity index (χ1n) is 4.35. The molecule has 0 saturated carbocycles. The number of hydrogen-bond donors (Lipinski definition) is 0. The Hall–Kier alpha value is -1.26. The average molecular weight is 221 g/mol. The van der Waals surface area contributed by atoms with Crippen LogP contribution in [0.1, 0.15) is 0 Å². The fourth-order valence-corrected chi connectivity index (χ4v) is 1.16. The zero-order valence-electron chi connectivity index (χ0n) is 8.13. The Bertz CT molecular complexity index is 300. The molecule has 0 saturated heterocycles. The van der Waals surface area contributed by atoms with Crippen LogP contribution in [0.3, 0.4) is 0 Å². The van der Waals surface area contributed by atoms with E-state index in [1.807, 2.05) is 0 Å². The van der Waals surface area contributed by atoms with Crippen molar-refractivity contribution >= 4 is 5.69 Å². The third-order valence-corrected chi connectivity index (χ3v) is 1.96. The summed E-state index contributed by atoms with van der Waals surface area (Å²) < 4.78 is 49.2. The van der Waals surface area contributed by atoms with Crippen molar-refractivity contribution in [3.63, 3.8) is 0 Å². The predicted octanol–water partition coefficient (Wildman–Crippen LogP) is 3.02. The van der Waals surface area contributed by atoms with Gasteiger partial charge in [0.25, 0.3) is 0 Å². The highest BCUT2D eigenvalue weighted by atomic mass is 19.3. The van der Waals surface area contributed by atoms with Crippen molar-refractivity contribution < 1.29 is 17.6 Å². The molecule has 0 unspecified atom stereocenters. The summed E-state index contributed by atoms with van der Waals surface area (Å²) in [7, 11) is 1.35. The van der Waals surface area contributed by atoms with Crippen molar-refractivity contribution in [3.8, 4) is 0 Å². The van der Waals surface area contributed by atoms with E-state index in [0.717, 1.165) is 4.90 Å². The SMILES string of the molecule is CN(CC(F)(F)C(F)F)c1ccccc1. The minimum absolute atomic E-state index is 0.484. The van der Waals surface area contributed by atoms with Crippen molar-refractivity contribution in [3.05, 3.63) is 30.3 Å².